The fourth-order valence-electron chi connectivity index (χ4n) is 3.27. The van der Waals surface area contributed by atoms with Gasteiger partial charge in [-0.25, -0.2) is 9.59 Å². The van der Waals surface area contributed by atoms with Gasteiger partial charge in [0.05, 0.1) is 11.1 Å². The molecule has 0 radical (unpaired) electrons. The smallest absolute Gasteiger partial charge is 0.339 e. The van der Waals surface area contributed by atoms with Gasteiger partial charge in [-0.2, -0.15) is 0 Å². The van der Waals surface area contributed by atoms with Crippen LogP contribution in [-0.4, -0.2) is 23.1 Å². The topological polar surface area (TPSA) is 63.6 Å². The van der Waals surface area contributed by atoms with Gasteiger partial charge in [-0.3, -0.25) is 0 Å². The maximum absolute atomic E-state index is 12.5. The summed E-state index contributed by atoms with van der Waals surface area (Å²) in [6.45, 7) is 8.73. The van der Waals surface area contributed by atoms with Gasteiger partial charge in [-0.1, -0.05) is 71.9 Å². The molecule has 0 fully saturated rings. The van der Waals surface area contributed by atoms with Crippen LogP contribution in [0.5, 0.6) is 0 Å². The van der Waals surface area contributed by atoms with Crippen LogP contribution in [0.15, 0.2) is 24.3 Å². The summed E-state index contributed by atoms with van der Waals surface area (Å²) in [7, 11) is 0. The number of carbonyl (C=O) groups excluding carboxylic acids is 1. The monoisotopic (exact) mass is 376 g/mol. The number of rotatable bonds is 13. The van der Waals surface area contributed by atoms with Gasteiger partial charge in [0, 0.05) is 0 Å². The van der Waals surface area contributed by atoms with Crippen molar-refractivity contribution in [3.63, 3.8) is 0 Å². The average molecular weight is 377 g/mol. The average Bonchev–Trinajstić information content (AvgIpc) is 2.59. The summed E-state index contributed by atoms with van der Waals surface area (Å²) in [6.07, 6.45) is 8.72. The molecule has 1 atom stereocenters. The fourth-order valence-corrected chi connectivity index (χ4v) is 3.27. The zero-order valence-corrected chi connectivity index (χ0v) is 17.4. The summed E-state index contributed by atoms with van der Waals surface area (Å²) in [5.41, 5.74) is 0.128. The van der Waals surface area contributed by atoms with Gasteiger partial charge >= 0.3 is 11.9 Å². The Kier molecular flexibility index (Phi) is 10.8. The van der Waals surface area contributed by atoms with Crippen LogP contribution < -0.4 is 0 Å². The molecule has 1 N–H and O–H groups in total. The predicted octanol–water partition coefficient (Wildman–Crippen LogP) is 6.34. The SMILES string of the molecule is CC(C)CCCCCCCC(CC(C)C)OC(=O)c1ccccc1C(=O)O. The first-order valence-electron chi connectivity index (χ1n) is 10.3. The van der Waals surface area contributed by atoms with E-state index in [1.165, 1.54) is 37.8 Å². The van der Waals surface area contributed by atoms with Crippen LogP contribution in [0.25, 0.3) is 0 Å². The van der Waals surface area contributed by atoms with Gasteiger partial charge < -0.3 is 9.84 Å². The maximum Gasteiger partial charge on any atom is 0.339 e. The van der Waals surface area contributed by atoms with E-state index in [4.69, 9.17) is 4.74 Å². The van der Waals surface area contributed by atoms with E-state index in [2.05, 4.69) is 27.7 Å². The maximum atomic E-state index is 12.5. The standard InChI is InChI=1S/C23H36O4/c1-17(2)12-8-6-5-7-9-13-19(16-18(3)4)27-23(26)21-15-11-10-14-20(21)22(24)25/h10-11,14-15,17-19H,5-9,12-13,16H2,1-4H3,(H,24,25). The molecule has 4 nitrogen and oxygen atoms in total. The lowest BCUT2D eigenvalue weighted by Crippen LogP contribution is -2.22. The summed E-state index contributed by atoms with van der Waals surface area (Å²) in [6, 6.07) is 6.24. The van der Waals surface area contributed by atoms with Crippen LogP contribution in [-0.2, 0) is 4.74 Å². The van der Waals surface area contributed by atoms with E-state index in [-0.39, 0.29) is 17.2 Å². The van der Waals surface area contributed by atoms with Crippen LogP contribution >= 0.6 is 0 Å². The highest BCUT2D eigenvalue weighted by Crippen LogP contribution is 2.20. The largest absolute Gasteiger partial charge is 0.478 e. The highest BCUT2D eigenvalue weighted by molar-refractivity contribution is 6.02. The Hall–Kier alpha value is -1.84. The van der Waals surface area contributed by atoms with Crippen molar-refractivity contribution in [2.24, 2.45) is 11.8 Å². The molecule has 1 aromatic rings. The van der Waals surface area contributed by atoms with Crippen LogP contribution in [0.4, 0.5) is 0 Å². The lowest BCUT2D eigenvalue weighted by Gasteiger charge is -2.20. The van der Waals surface area contributed by atoms with Crippen LogP contribution in [0.2, 0.25) is 0 Å². The van der Waals surface area contributed by atoms with Gasteiger partial charge in [-0.15, -0.1) is 0 Å². The summed E-state index contributed by atoms with van der Waals surface area (Å²) >= 11 is 0. The van der Waals surface area contributed by atoms with E-state index in [9.17, 15) is 14.7 Å². The number of aromatic carboxylic acids is 1. The summed E-state index contributed by atoms with van der Waals surface area (Å²) in [5, 5.41) is 9.26. The Morgan fingerprint density at radius 2 is 1.41 bits per heavy atom. The number of benzene rings is 1. The summed E-state index contributed by atoms with van der Waals surface area (Å²) < 4.78 is 5.70. The minimum absolute atomic E-state index is 0.00375. The van der Waals surface area contributed by atoms with Crippen molar-refractivity contribution in [1.29, 1.82) is 0 Å². The molecule has 0 amide bonds. The molecule has 4 heteroatoms. The van der Waals surface area contributed by atoms with Gasteiger partial charge in [0.2, 0.25) is 0 Å². The minimum atomic E-state index is -1.11. The van der Waals surface area contributed by atoms with Crippen molar-refractivity contribution < 1.29 is 19.4 Å². The first-order valence-corrected chi connectivity index (χ1v) is 10.3. The normalized spacial score (nSPS) is 12.4. The quantitative estimate of drug-likeness (QED) is 0.322. The molecule has 0 heterocycles. The first-order chi connectivity index (χ1) is 12.8. The Balaban J connectivity index is 2.52. The molecule has 0 saturated carbocycles. The first kappa shape index (κ1) is 23.2. The van der Waals surface area contributed by atoms with Crippen molar-refractivity contribution >= 4 is 11.9 Å². The van der Waals surface area contributed by atoms with E-state index >= 15 is 0 Å². The molecule has 1 unspecified atom stereocenters. The Morgan fingerprint density at radius 1 is 0.852 bits per heavy atom. The molecular weight excluding hydrogens is 340 g/mol. The second-order valence-electron chi connectivity index (χ2n) is 8.25. The molecule has 27 heavy (non-hydrogen) atoms. The van der Waals surface area contributed by atoms with Crippen LogP contribution in [0.1, 0.15) is 99.8 Å². The van der Waals surface area contributed by atoms with E-state index in [1.807, 2.05) is 0 Å². The second-order valence-corrected chi connectivity index (χ2v) is 8.25. The number of hydrogen-bond acceptors (Lipinski definition) is 3. The number of hydrogen-bond donors (Lipinski definition) is 1. The zero-order valence-electron chi connectivity index (χ0n) is 17.4. The molecule has 1 aromatic carbocycles. The number of esters is 1. The zero-order chi connectivity index (χ0) is 20.2. The van der Waals surface area contributed by atoms with Crippen molar-refractivity contribution in [2.75, 3.05) is 0 Å². The Bertz CT molecular complexity index is 577. The minimum Gasteiger partial charge on any atom is -0.478 e. The number of carboxylic acid groups (broad SMARTS) is 1. The molecule has 0 aliphatic heterocycles. The predicted molar refractivity (Wildman–Crippen MR) is 109 cm³/mol. The molecule has 0 spiro atoms. The number of carbonyl (C=O) groups is 2. The van der Waals surface area contributed by atoms with E-state index in [1.54, 1.807) is 12.1 Å². The molecular formula is C23H36O4. The number of unbranched alkanes of at least 4 members (excludes halogenated alkanes) is 4. The van der Waals surface area contributed by atoms with E-state index < -0.39 is 11.9 Å². The third-order valence-corrected chi connectivity index (χ3v) is 4.69. The molecule has 0 aliphatic rings. The van der Waals surface area contributed by atoms with Crippen molar-refractivity contribution in [1.82, 2.24) is 0 Å². The van der Waals surface area contributed by atoms with Gasteiger partial charge in [0.1, 0.15) is 6.10 Å². The molecule has 0 aromatic heterocycles. The van der Waals surface area contributed by atoms with E-state index in [0.717, 1.165) is 31.6 Å². The summed E-state index contributed by atoms with van der Waals surface area (Å²) in [4.78, 5) is 23.8. The highest BCUT2D eigenvalue weighted by Gasteiger charge is 2.21. The van der Waals surface area contributed by atoms with Crippen LogP contribution in [0, 0.1) is 11.8 Å². The molecule has 0 saturated heterocycles. The molecule has 152 valence electrons. The summed E-state index contributed by atoms with van der Waals surface area (Å²) in [5.74, 6) is -0.447. The van der Waals surface area contributed by atoms with Gasteiger partial charge in [0.25, 0.3) is 0 Å². The second kappa shape index (κ2) is 12.5. The molecule has 1 rings (SSSR count). The third kappa shape index (κ3) is 9.60. The number of carboxylic acids is 1. The van der Waals surface area contributed by atoms with Crippen molar-refractivity contribution in [3.8, 4) is 0 Å². The van der Waals surface area contributed by atoms with Gasteiger partial charge in [-0.05, 0) is 43.2 Å². The van der Waals surface area contributed by atoms with Crippen molar-refractivity contribution in [2.45, 2.75) is 85.2 Å². The van der Waals surface area contributed by atoms with Gasteiger partial charge in [0.15, 0.2) is 0 Å². The Morgan fingerprint density at radius 3 is 1.96 bits per heavy atom. The highest BCUT2D eigenvalue weighted by atomic mass is 16.5. The third-order valence-electron chi connectivity index (χ3n) is 4.69. The number of ether oxygens (including phenoxy) is 1. The lowest BCUT2D eigenvalue weighted by atomic mass is 9.99. The fraction of sp³-hybridized carbons (Fsp3) is 0.652. The van der Waals surface area contributed by atoms with E-state index in [0.29, 0.717) is 5.92 Å². The van der Waals surface area contributed by atoms with Crippen molar-refractivity contribution in [3.05, 3.63) is 35.4 Å². The Labute approximate surface area is 164 Å². The van der Waals surface area contributed by atoms with Crippen LogP contribution in [0.3, 0.4) is 0 Å². The lowest BCUT2D eigenvalue weighted by molar-refractivity contribution is 0.0220. The molecule has 0 aliphatic carbocycles. The molecule has 0 bridgehead atoms.